The van der Waals surface area contributed by atoms with Crippen LogP contribution < -0.4 is 11.1 Å². The standard InChI is InChI=1S/C15H14N4O/c16-13(10-6-2-1-3-7-10)14(20)19-15-17-11-8-4-5-9-12(11)18-15/h1-9,13H,16H2,(H2,17,18,19,20)/t13-/m1/s1. The molecule has 0 aliphatic heterocycles. The Hall–Kier alpha value is -2.66. The average molecular weight is 266 g/mol. The van der Waals surface area contributed by atoms with Gasteiger partial charge in [0, 0.05) is 0 Å². The van der Waals surface area contributed by atoms with E-state index in [0.717, 1.165) is 16.6 Å². The molecule has 0 saturated heterocycles. The number of aromatic amines is 1. The van der Waals surface area contributed by atoms with Crippen LogP contribution in [-0.2, 0) is 4.79 Å². The lowest BCUT2D eigenvalue weighted by Gasteiger charge is -2.10. The number of fused-ring (bicyclic) bond motifs is 1. The maximum absolute atomic E-state index is 12.1. The number of hydrogen-bond donors (Lipinski definition) is 3. The fourth-order valence-corrected chi connectivity index (χ4v) is 2.02. The highest BCUT2D eigenvalue weighted by Gasteiger charge is 2.16. The van der Waals surface area contributed by atoms with Gasteiger partial charge >= 0.3 is 0 Å². The third-order valence-electron chi connectivity index (χ3n) is 3.07. The minimum Gasteiger partial charge on any atom is -0.324 e. The molecule has 0 aliphatic rings. The molecular formula is C15H14N4O. The van der Waals surface area contributed by atoms with E-state index in [2.05, 4.69) is 15.3 Å². The Bertz CT molecular complexity index is 703. The lowest BCUT2D eigenvalue weighted by Crippen LogP contribution is -2.28. The second-order valence-electron chi connectivity index (χ2n) is 4.48. The van der Waals surface area contributed by atoms with Crippen LogP contribution in [0.3, 0.4) is 0 Å². The predicted molar refractivity (Wildman–Crippen MR) is 78.1 cm³/mol. The number of hydrogen-bond acceptors (Lipinski definition) is 3. The minimum absolute atomic E-state index is 0.296. The number of amides is 1. The summed E-state index contributed by atoms with van der Waals surface area (Å²) in [5.41, 5.74) is 8.37. The molecular weight excluding hydrogens is 252 g/mol. The number of anilines is 1. The Balaban J connectivity index is 1.78. The van der Waals surface area contributed by atoms with E-state index in [4.69, 9.17) is 5.73 Å². The summed E-state index contributed by atoms with van der Waals surface area (Å²) in [5, 5.41) is 2.70. The summed E-state index contributed by atoms with van der Waals surface area (Å²) in [6.45, 7) is 0. The van der Waals surface area contributed by atoms with Gasteiger partial charge in [-0.05, 0) is 17.7 Å². The molecule has 0 radical (unpaired) electrons. The van der Waals surface area contributed by atoms with Crippen molar-refractivity contribution in [3.8, 4) is 0 Å². The molecule has 1 heterocycles. The van der Waals surface area contributed by atoms with E-state index in [1.165, 1.54) is 0 Å². The molecule has 0 bridgehead atoms. The largest absolute Gasteiger partial charge is 0.324 e. The van der Waals surface area contributed by atoms with Gasteiger partial charge in [-0.2, -0.15) is 0 Å². The van der Waals surface area contributed by atoms with Gasteiger partial charge in [0.25, 0.3) is 0 Å². The lowest BCUT2D eigenvalue weighted by molar-refractivity contribution is -0.117. The van der Waals surface area contributed by atoms with Crippen molar-refractivity contribution in [2.24, 2.45) is 5.73 Å². The van der Waals surface area contributed by atoms with Gasteiger partial charge in [-0.15, -0.1) is 0 Å². The van der Waals surface area contributed by atoms with Gasteiger partial charge in [0.15, 0.2) is 0 Å². The maximum atomic E-state index is 12.1. The van der Waals surface area contributed by atoms with Crippen molar-refractivity contribution in [2.75, 3.05) is 5.32 Å². The van der Waals surface area contributed by atoms with Gasteiger partial charge in [-0.25, -0.2) is 4.98 Å². The Morgan fingerprint density at radius 2 is 1.80 bits per heavy atom. The van der Waals surface area contributed by atoms with Crippen LogP contribution in [0, 0.1) is 0 Å². The number of aromatic nitrogens is 2. The number of carbonyl (C=O) groups is 1. The van der Waals surface area contributed by atoms with E-state index in [-0.39, 0.29) is 5.91 Å². The number of H-pyrrole nitrogens is 1. The first-order valence-corrected chi connectivity index (χ1v) is 6.30. The molecule has 0 fully saturated rings. The fourth-order valence-electron chi connectivity index (χ4n) is 2.02. The Kier molecular flexibility index (Phi) is 3.18. The van der Waals surface area contributed by atoms with Crippen molar-refractivity contribution in [2.45, 2.75) is 6.04 Å². The number of nitrogens with zero attached hydrogens (tertiary/aromatic N) is 1. The molecule has 4 N–H and O–H groups in total. The smallest absolute Gasteiger partial charge is 0.248 e. The number of imidazole rings is 1. The third kappa shape index (κ3) is 2.39. The van der Waals surface area contributed by atoms with Gasteiger partial charge in [0.2, 0.25) is 11.9 Å². The second-order valence-corrected chi connectivity index (χ2v) is 4.48. The van der Waals surface area contributed by atoms with Crippen molar-refractivity contribution in [3.63, 3.8) is 0 Å². The number of nitrogens with two attached hydrogens (primary N) is 1. The van der Waals surface area contributed by atoms with Crippen molar-refractivity contribution >= 4 is 22.9 Å². The zero-order valence-electron chi connectivity index (χ0n) is 10.7. The van der Waals surface area contributed by atoms with Crippen molar-refractivity contribution < 1.29 is 4.79 Å². The predicted octanol–water partition coefficient (Wildman–Crippen LogP) is 2.20. The summed E-state index contributed by atoms with van der Waals surface area (Å²) in [6.07, 6.45) is 0. The van der Waals surface area contributed by atoms with Gasteiger partial charge in [-0.3, -0.25) is 10.1 Å². The van der Waals surface area contributed by atoms with Gasteiger partial charge in [0.05, 0.1) is 11.0 Å². The maximum Gasteiger partial charge on any atom is 0.248 e. The van der Waals surface area contributed by atoms with Crippen molar-refractivity contribution in [3.05, 3.63) is 60.2 Å². The molecule has 5 nitrogen and oxygen atoms in total. The van der Waals surface area contributed by atoms with Crippen LogP contribution in [0.25, 0.3) is 11.0 Å². The first-order valence-electron chi connectivity index (χ1n) is 6.30. The molecule has 1 aromatic heterocycles. The van der Waals surface area contributed by atoms with E-state index in [1.807, 2.05) is 54.6 Å². The monoisotopic (exact) mass is 266 g/mol. The summed E-state index contributed by atoms with van der Waals surface area (Å²) in [4.78, 5) is 19.4. The van der Waals surface area contributed by atoms with E-state index < -0.39 is 6.04 Å². The van der Waals surface area contributed by atoms with Gasteiger partial charge in [0.1, 0.15) is 6.04 Å². The summed E-state index contributed by atoms with van der Waals surface area (Å²) in [6, 6.07) is 16.1. The van der Waals surface area contributed by atoms with Crippen molar-refractivity contribution in [1.82, 2.24) is 9.97 Å². The molecule has 1 amide bonds. The average Bonchev–Trinajstić information content (AvgIpc) is 2.89. The number of benzene rings is 2. The van der Waals surface area contributed by atoms with Crippen molar-refractivity contribution in [1.29, 1.82) is 0 Å². The molecule has 0 saturated carbocycles. The Labute approximate surface area is 115 Å². The highest BCUT2D eigenvalue weighted by atomic mass is 16.2. The fraction of sp³-hybridized carbons (Fsp3) is 0.0667. The number of nitrogens with one attached hydrogen (secondary N) is 2. The molecule has 20 heavy (non-hydrogen) atoms. The minimum atomic E-state index is -0.718. The molecule has 1 atom stereocenters. The number of rotatable bonds is 3. The van der Waals surface area contributed by atoms with Gasteiger partial charge < -0.3 is 10.7 Å². The zero-order valence-corrected chi connectivity index (χ0v) is 10.7. The zero-order chi connectivity index (χ0) is 13.9. The highest BCUT2D eigenvalue weighted by molar-refractivity contribution is 5.95. The Morgan fingerprint density at radius 3 is 2.55 bits per heavy atom. The first kappa shape index (κ1) is 12.4. The highest BCUT2D eigenvalue weighted by Crippen LogP contribution is 2.15. The van der Waals surface area contributed by atoms with E-state index in [1.54, 1.807) is 0 Å². The molecule has 3 rings (SSSR count). The summed E-state index contributed by atoms with van der Waals surface area (Å²) in [5.74, 6) is 0.109. The molecule has 0 spiro atoms. The number of carbonyl (C=O) groups excluding carboxylic acids is 1. The van der Waals surface area contributed by atoms with E-state index in [0.29, 0.717) is 5.95 Å². The third-order valence-corrected chi connectivity index (χ3v) is 3.07. The van der Waals surface area contributed by atoms with E-state index >= 15 is 0 Å². The van der Waals surface area contributed by atoms with E-state index in [9.17, 15) is 4.79 Å². The van der Waals surface area contributed by atoms with Crippen LogP contribution in [0.5, 0.6) is 0 Å². The van der Waals surface area contributed by atoms with Crippen LogP contribution in [0.1, 0.15) is 11.6 Å². The molecule has 0 aliphatic carbocycles. The van der Waals surface area contributed by atoms with Crippen LogP contribution in [-0.4, -0.2) is 15.9 Å². The summed E-state index contributed by atoms with van der Waals surface area (Å²) in [7, 11) is 0. The van der Waals surface area contributed by atoms with Crippen LogP contribution >= 0.6 is 0 Å². The number of para-hydroxylation sites is 2. The van der Waals surface area contributed by atoms with Gasteiger partial charge in [-0.1, -0.05) is 42.5 Å². The van der Waals surface area contributed by atoms with Crippen LogP contribution in [0.2, 0.25) is 0 Å². The Morgan fingerprint density at radius 1 is 1.10 bits per heavy atom. The molecule has 2 aromatic carbocycles. The molecule has 3 aromatic rings. The van der Waals surface area contributed by atoms with Crippen LogP contribution in [0.4, 0.5) is 5.95 Å². The molecule has 5 heteroatoms. The lowest BCUT2D eigenvalue weighted by atomic mass is 10.1. The second kappa shape index (κ2) is 5.14. The van der Waals surface area contributed by atoms with Crippen LogP contribution in [0.15, 0.2) is 54.6 Å². The summed E-state index contributed by atoms with van der Waals surface area (Å²) >= 11 is 0. The normalized spacial score (nSPS) is 12.2. The molecule has 100 valence electrons. The first-order chi connectivity index (χ1) is 9.74. The summed E-state index contributed by atoms with van der Waals surface area (Å²) < 4.78 is 0. The SMILES string of the molecule is N[C@@H](C(=O)Nc1nc2ccccc2[nH]1)c1ccccc1. The quantitative estimate of drug-likeness (QED) is 0.679. The topological polar surface area (TPSA) is 83.8 Å². The molecule has 0 unspecified atom stereocenters.